The fraction of sp³-hybridized carbons (Fsp3) is 0.909. The number of nitrogens with one attached hydrogen (secondary N) is 1. The second kappa shape index (κ2) is 12.4. The molecule has 0 aromatic heterocycles. The van der Waals surface area contributed by atoms with Gasteiger partial charge >= 0.3 is 0 Å². The Morgan fingerprint density at radius 2 is 2.00 bits per heavy atom. The van der Waals surface area contributed by atoms with Crippen LogP contribution in [0.3, 0.4) is 0 Å². The van der Waals surface area contributed by atoms with Crippen molar-refractivity contribution >= 4 is 5.91 Å². The Morgan fingerprint density at radius 1 is 1.19 bits per heavy atom. The number of aliphatic hydroxyl groups is 1. The quantitative estimate of drug-likeness (QED) is 0.504. The van der Waals surface area contributed by atoms with Gasteiger partial charge in [-0.05, 0) is 19.3 Å². The van der Waals surface area contributed by atoms with E-state index >= 15 is 0 Å². The van der Waals surface area contributed by atoms with Crippen LogP contribution in [0.1, 0.15) is 25.7 Å². The van der Waals surface area contributed by atoms with E-state index in [1.807, 2.05) is 0 Å². The van der Waals surface area contributed by atoms with E-state index < -0.39 is 0 Å². The number of carbonyl (C=O) groups is 1. The first-order chi connectivity index (χ1) is 7.81. The van der Waals surface area contributed by atoms with Crippen molar-refractivity contribution < 1.29 is 19.4 Å². The predicted molar refractivity (Wildman–Crippen MR) is 61.3 cm³/mol. The zero-order valence-corrected chi connectivity index (χ0v) is 10.0. The number of rotatable bonds is 11. The molecule has 96 valence electrons. The third kappa shape index (κ3) is 11.4. The van der Waals surface area contributed by atoms with Gasteiger partial charge in [-0.25, -0.2) is 0 Å². The molecule has 0 aliphatic carbocycles. The minimum absolute atomic E-state index is 0.00866. The molecular formula is C11H23NO4. The molecule has 2 N–H and O–H groups in total. The fourth-order valence-corrected chi connectivity index (χ4v) is 1.13. The number of aliphatic hydroxyl groups excluding tert-OH is 1. The first-order valence-corrected chi connectivity index (χ1v) is 5.75. The highest BCUT2D eigenvalue weighted by molar-refractivity contribution is 5.75. The summed E-state index contributed by atoms with van der Waals surface area (Å²) in [5.74, 6) is 0.00866. The summed E-state index contributed by atoms with van der Waals surface area (Å²) in [6.07, 6.45) is 2.79. The van der Waals surface area contributed by atoms with Crippen LogP contribution in [0.4, 0.5) is 0 Å². The molecule has 0 saturated carbocycles. The second-order valence-electron chi connectivity index (χ2n) is 3.49. The van der Waals surface area contributed by atoms with Crippen LogP contribution in [0.5, 0.6) is 0 Å². The summed E-state index contributed by atoms with van der Waals surface area (Å²) in [5, 5.41) is 11.3. The van der Waals surface area contributed by atoms with Gasteiger partial charge in [0.2, 0.25) is 5.91 Å². The average molecular weight is 233 g/mol. The minimum Gasteiger partial charge on any atom is -0.396 e. The molecule has 0 fully saturated rings. The summed E-state index contributed by atoms with van der Waals surface area (Å²) in [7, 11) is 1.64. The van der Waals surface area contributed by atoms with Crippen molar-refractivity contribution in [2.24, 2.45) is 0 Å². The van der Waals surface area contributed by atoms with Gasteiger partial charge in [0.05, 0.1) is 13.2 Å². The molecule has 0 aliphatic heterocycles. The highest BCUT2D eigenvalue weighted by atomic mass is 16.5. The van der Waals surface area contributed by atoms with Crippen molar-refractivity contribution in [2.45, 2.75) is 25.7 Å². The molecule has 0 spiro atoms. The van der Waals surface area contributed by atoms with E-state index in [1.165, 1.54) is 0 Å². The number of unbranched alkanes of at least 4 members (excludes halogenated alkanes) is 1. The van der Waals surface area contributed by atoms with Gasteiger partial charge in [-0.15, -0.1) is 0 Å². The van der Waals surface area contributed by atoms with Crippen LogP contribution in [-0.2, 0) is 14.3 Å². The predicted octanol–water partition coefficient (Wildman–Crippen LogP) is 0.318. The van der Waals surface area contributed by atoms with Crippen LogP contribution < -0.4 is 5.32 Å². The summed E-state index contributed by atoms with van der Waals surface area (Å²) in [4.78, 5) is 11.1. The van der Waals surface area contributed by atoms with Crippen LogP contribution in [0.2, 0.25) is 0 Å². The number of ether oxygens (including phenoxy) is 2. The van der Waals surface area contributed by atoms with E-state index in [0.29, 0.717) is 39.2 Å². The smallest absolute Gasteiger partial charge is 0.220 e. The summed E-state index contributed by atoms with van der Waals surface area (Å²) in [6, 6.07) is 0. The zero-order chi connectivity index (χ0) is 12.1. The maximum absolute atomic E-state index is 11.1. The lowest BCUT2D eigenvalue weighted by atomic mass is 10.3. The van der Waals surface area contributed by atoms with Crippen LogP contribution in [0.15, 0.2) is 0 Å². The monoisotopic (exact) mass is 233 g/mol. The van der Waals surface area contributed by atoms with Crippen molar-refractivity contribution in [3.05, 3.63) is 0 Å². The first kappa shape index (κ1) is 15.3. The van der Waals surface area contributed by atoms with Gasteiger partial charge in [-0.3, -0.25) is 4.79 Å². The van der Waals surface area contributed by atoms with Crippen LogP contribution in [0.25, 0.3) is 0 Å². The van der Waals surface area contributed by atoms with Crippen molar-refractivity contribution in [3.8, 4) is 0 Å². The van der Waals surface area contributed by atoms with E-state index in [2.05, 4.69) is 5.32 Å². The van der Waals surface area contributed by atoms with E-state index in [4.69, 9.17) is 14.6 Å². The number of hydrogen-bond donors (Lipinski definition) is 2. The molecule has 0 aromatic rings. The Hall–Kier alpha value is -0.650. The third-order valence-electron chi connectivity index (χ3n) is 2.03. The molecule has 0 radical (unpaired) electrons. The molecule has 5 heteroatoms. The molecular weight excluding hydrogens is 210 g/mol. The second-order valence-corrected chi connectivity index (χ2v) is 3.49. The average Bonchev–Trinajstić information content (AvgIpc) is 2.30. The van der Waals surface area contributed by atoms with E-state index in [1.54, 1.807) is 7.11 Å². The topological polar surface area (TPSA) is 67.8 Å². The molecule has 0 heterocycles. The lowest BCUT2D eigenvalue weighted by Crippen LogP contribution is -2.24. The summed E-state index contributed by atoms with van der Waals surface area (Å²) in [5.41, 5.74) is 0. The normalized spacial score (nSPS) is 10.4. The molecule has 0 rings (SSSR count). The highest BCUT2D eigenvalue weighted by Crippen LogP contribution is 1.91. The van der Waals surface area contributed by atoms with Crippen LogP contribution in [0, 0.1) is 0 Å². The zero-order valence-electron chi connectivity index (χ0n) is 10.0. The van der Waals surface area contributed by atoms with Gasteiger partial charge in [-0.1, -0.05) is 0 Å². The number of hydrogen-bond acceptors (Lipinski definition) is 4. The van der Waals surface area contributed by atoms with E-state index in [9.17, 15) is 4.79 Å². The molecule has 1 amide bonds. The fourth-order valence-electron chi connectivity index (χ4n) is 1.13. The Kier molecular flexibility index (Phi) is 11.9. The molecule has 0 aliphatic rings. The van der Waals surface area contributed by atoms with E-state index in [0.717, 1.165) is 12.8 Å². The van der Waals surface area contributed by atoms with Gasteiger partial charge < -0.3 is 19.9 Å². The third-order valence-corrected chi connectivity index (χ3v) is 2.03. The minimum atomic E-state index is 0.00866. The van der Waals surface area contributed by atoms with Gasteiger partial charge in [0, 0.05) is 33.3 Å². The number of methoxy groups -OCH3 is 1. The Balaban J connectivity index is 3.05. The highest BCUT2D eigenvalue weighted by Gasteiger charge is 1.98. The lowest BCUT2D eigenvalue weighted by Gasteiger charge is -2.05. The Labute approximate surface area is 97.1 Å². The summed E-state index contributed by atoms with van der Waals surface area (Å²) >= 11 is 0. The molecule has 0 saturated heterocycles. The van der Waals surface area contributed by atoms with Crippen molar-refractivity contribution in [3.63, 3.8) is 0 Å². The summed E-state index contributed by atoms with van der Waals surface area (Å²) in [6.45, 7) is 2.70. The van der Waals surface area contributed by atoms with Gasteiger partial charge in [-0.2, -0.15) is 0 Å². The standard InChI is InChI=1S/C11H23NO4/c1-15-9-10-16-8-3-2-6-12-11(14)5-4-7-13/h13H,2-10H2,1H3,(H,12,14). The number of amides is 1. The largest absolute Gasteiger partial charge is 0.396 e. The van der Waals surface area contributed by atoms with Crippen molar-refractivity contribution in [1.29, 1.82) is 0 Å². The number of carbonyl (C=O) groups excluding carboxylic acids is 1. The first-order valence-electron chi connectivity index (χ1n) is 5.75. The Bertz CT molecular complexity index is 164. The van der Waals surface area contributed by atoms with Crippen molar-refractivity contribution in [1.82, 2.24) is 5.32 Å². The molecule has 0 bridgehead atoms. The van der Waals surface area contributed by atoms with Gasteiger partial charge in [0.1, 0.15) is 0 Å². The lowest BCUT2D eigenvalue weighted by molar-refractivity contribution is -0.121. The van der Waals surface area contributed by atoms with Gasteiger partial charge in [0.25, 0.3) is 0 Å². The summed E-state index contributed by atoms with van der Waals surface area (Å²) < 4.78 is 10.1. The maximum atomic E-state index is 11.1. The SMILES string of the molecule is COCCOCCCCNC(=O)CCCO. The van der Waals surface area contributed by atoms with Crippen LogP contribution in [-0.4, -0.2) is 51.1 Å². The Morgan fingerprint density at radius 3 is 2.69 bits per heavy atom. The molecule has 5 nitrogen and oxygen atoms in total. The molecule has 0 atom stereocenters. The maximum Gasteiger partial charge on any atom is 0.220 e. The van der Waals surface area contributed by atoms with Crippen molar-refractivity contribution in [2.75, 3.05) is 40.1 Å². The molecule has 16 heavy (non-hydrogen) atoms. The molecule has 0 aromatic carbocycles. The molecule has 0 unspecified atom stereocenters. The van der Waals surface area contributed by atoms with Crippen LogP contribution >= 0.6 is 0 Å². The van der Waals surface area contributed by atoms with E-state index in [-0.39, 0.29) is 12.5 Å². The van der Waals surface area contributed by atoms with Gasteiger partial charge in [0.15, 0.2) is 0 Å².